The van der Waals surface area contributed by atoms with Crippen molar-refractivity contribution in [3.05, 3.63) is 40.5 Å². The number of rotatable bonds is 2. The number of carbonyl (C=O) groups is 1. The smallest absolute Gasteiger partial charge is 0.340 e. The third-order valence-electron chi connectivity index (χ3n) is 3.41. The van der Waals surface area contributed by atoms with Crippen molar-refractivity contribution >= 4 is 23.2 Å². The Balaban J connectivity index is 1.70. The van der Waals surface area contributed by atoms with Gasteiger partial charge >= 0.3 is 6.03 Å². The number of pyridine rings is 1. The lowest BCUT2D eigenvalue weighted by molar-refractivity contribution is -0.0145. The summed E-state index contributed by atoms with van der Waals surface area (Å²) in [6.07, 6.45) is 3.22. The summed E-state index contributed by atoms with van der Waals surface area (Å²) >= 11 is 1.52. The van der Waals surface area contributed by atoms with Gasteiger partial charge in [-0.25, -0.2) is 25.6 Å². The number of amides is 2. The van der Waals surface area contributed by atoms with Gasteiger partial charge in [-0.1, -0.05) is 6.07 Å². The average molecular weight is 319 g/mol. The molecule has 1 aliphatic rings. The maximum Gasteiger partial charge on any atom is 0.340 e. The third-order valence-corrected chi connectivity index (χ3v) is 4.28. The minimum absolute atomic E-state index is 0.197. The number of aromatic nitrogens is 2. The lowest BCUT2D eigenvalue weighted by Gasteiger charge is -2.33. The van der Waals surface area contributed by atoms with Gasteiger partial charge in [0.1, 0.15) is 11.1 Å². The first-order valence-corrected chi connectivity index (χ1v) is 7.80. The van der Waals surface area contributed by atoms with Crippen molar-refractivity contribution in [1.29, 1.82) is 0 Å². The predicted molar refractivity (Wildman–Crippen MR) is 83.4 cm³/mol. The summed E-state index contributed by atoms with van der Waals surface area (Å²) < 4.78 is 5.68. The summed E-state index contributed by atoms with van der Waals surface area (Å²) in [5.74, 6) is 6.33. The van der Waals surface area contributed by atoms with Crippen LogP contribution in [0.25, 0.3) is 0 Å². The van der Waals surface area contributed by atoms with Crippen LogP contribution in [0.2, 0.25) is 0 Å². The van der Waals surface area contributed by atoms with Crippen LogP contribution in [-0.4, -0.2) is 40.6 Å². The number of anilines is 1. The van der Waals surface area contributed by atoms with E-state index in [9.17, 15) is 4.79 Å². The number of thiazole rings is 1. The lowest BCUT2D eigenvalue weighted by Crippen LogP contribution is -2.52. The Bertz CT molecular complexity index is 631. The minimum Gasteiger partial charge on any atom is -0.367 e. The molecular weight excluding hydrogens is 302 g/mol. The average Bonchev–Trinajstić information content (AvgIpc) is 3.09. The van der Waals surface area contributed by atoms with E-state index in [1.807, 2.05) is 18.4 Å². The van der Waals surface area contributed by atoms with E-state index in [0.29, 0.717) is 25.5 Å². The highest BCUT2D eigenvalue weighted by molar-refractivity contribution is 7.09. The molecule has 1 atom stereocenters. The molecule has 1 aliphatic heterocycles. The number of morpholine rings is 1. The van der Waals surface area contributed by atoms with Crippen LogP contribution in [0.15, 0.2) is 29.9 Å². The number of hydrazine groups is 1. The molecular formula is C14H17N5O2S. The Morgan fingerprint density at radius 1 is 1.50 bits per heavy atom. The Kier molecular flexibility index (Phi) is 4.32. The van der Waals surface area contributed by atoms with E-state index in [1.54, 1.807) is 23.4 Å². The molecule has 0 aliphatic carbocycles. The molecule has 0 aromatic carbocycles. The van der Waals surface area contributed by atoms with E-state index in [0.717, 1.165) is 15.6 Å². The maximum atomic E-state index is 12.5. The first-order chi connectivity index (χ1) is 10.6. The number of urea groups is 1. The highest BCUT2D eigenvalue weighted by Crippen LogP contribution is 2.24. The van der Waals surface area contributed by atoms with Gasteiger partial charge in [-0.15, -0.1) is 11.3 Å². The number of carbonyl (C=O) groups excluding carboxylic acids is 1. The highest BCUT2D eigenvalue weighted by atomic mass is 32.1. The number of hydrogen-bond acceptors (Lipinski definition) is 6. The summed E-state index contributed by atoms with van der Waals surface area (Å²) in [6, 6.07) is 3.31. The molecule has 0 bridgehead atoms. The molecule has 1 unspecified atom stereocenters. The second-order valence-corrected chi connectivity index (χ2v) is 5.95. The summed E-state index contributed by atoms with van der Waals surface area (Å²) in [6.45, 7) is 3.33. The molecule has 0 radical (unpaired) electrons. The Labute approximate surface area is 132 Å². The predicted octanol–water partition coefficient (Wildman–Crippen LogP) is 1.72. The van der Waals surface area contributed by atoms with Gasteiger partial charge in [0, 0.05) is 24.3 Å². The van der Waals surface area contributed by atoms with Crippen LogP contribution in [0, 0.1) is 6.92 Å². The molecule has 116 valence electrons. The van der Waals surface area contributed by atoms with E-state index in [4.69, 9.17) is 10.6 Å². The monoisotopic (exact) mass is 319 g/mol. The maximum absolute atomic E-state index is 12.5. The molecule has 2 aromatic rings. The van der Waals surface area contributed by atoms with Crippen LogP contribution in [0.1, 0.15) is 16.7 Å². The molecule has 7 nitrogen and oxygen atoms in total. The van der Waals surface area contributed by atoms with Crippen LogP contribution < -0.4 is 10.9 Å². The second kappa shape index (κ2) is 6.39. The SMILES string of the molecule is Cc1ccc(N(N)C(=O)N2CCOC(c3nccs3)C2)nc1. The van der Waals surface area contributed by atoms with Crippen LogP contribution in [0.3, 0.4) is 0 Å². The number of nitrogens with two attached hydrogens (primary N) is 1. The number of aryl methyl sites for hydroxylation is 1. The second-order valence-electron chi connectivity index (χ2n) is 5.02. The van der Waals surface area contributed by atoms with Gasteiger partial charge in [-0.3, -0.25) is 0 Å². The first kappa shape index (κ1) is 14.9. The topological polar surface area (TPSA) is 84.6 Å². The van der Waals surface area contributed by atoms with Crippen molar-refractivity contribution in [1.82, 2.24) is 14.9 Å². The highest BCUT2D eigenvalue weighted by Gasteiger charge is 2.29. The zero-order valence-corrected chi connectivity index (χ0v) is 13.0. The molecule has 0 spiro atoms. The van der Waals surface area contributed by atoms with Crippen molar-refractivity contribution in [3.63, 3.8) is 0 Å². The Morgan fingerprint density at radius 3 is 3.05 bits per heavy atom. The van der Waals surface area contributed by atoms with Crippen molar-refractivity contribution in [2.45, 2.75) is 13.0 Å². The molecule has 0 saturated carbocycles. The zero-order chi connectivity index (χ0) is 15.5. The van der Waals surface area contributed by atoms with E-state index < -0.39 is 0 Å². The fourth-order valence-corrected chi connectivity index (χ4v) is 2.90. The molecule has 8 heteroatoms. The van der Waals surface area contributed by atoms with Gasteiger partial charge in [0.25, 0.3) is 0 Å². The number of hydrogen-bond donors (Lipinski definition) is 1. The van der Waals surface area contributed by atoms with Gasteiger partial charge in [0.2, 0.25) is 0 Å². The lowest BCUT2D eigenvalue weighted by atomic mass is 10.3. The quantitative estimate of drug-likeness (QED) is 0.517. The summed E-state index contributed by atoms with van der Waals surface area (Å²) in [7, 11) is 0. The molecule has 1 saturated heterocycles. The van der Waals surface area contributed by atoms with Crippen molar-refractivity contribution in [2.75, 3.05) is 24.7 Å². The number of ether oxygens (including phenoxy) is 1. The van der Waals surface area contributed by atoms with Gasteiger partial charge in [-0.05, 0) is 18.6 Å². The van der Waals surface area contributed by atoms with Crippen LogP contribution in [-0.2, 0) is 4.74 Å². The molecule has 2 N–H and O–H groups in total. The van der Waals surface area contributed by atoms with Gasteiger partial charge in [-0.2, -0.15) is 0 Å². The molecule has 2 aromatic heterocycles. The van der Waals surface area contributed by atoms with E-state index in [-0.39, 0.29) is 12.1 Å². The Hall–Kier alpha value is -2.03. The zero-order valence-electron chi connectivity index (χ0n) is 12.2. The summed E-state index contributed by atoms with van der Waals surface area (Å²) in [5.41, 5.74) is 1.01. The summed E-state index contributed by atoms with van der Waals surface area (Å²) in [4.78, 5) is 22.6. The van der Waals surface area contributed by atoms with Crippen LogP contribution in [0.5, 0.6) is 0 Å². The molecule has 3 rings (SSSR count). The van der Waals surface area contributed by atoms with Crippen molar-refractivity contribution < 1.29 is 9.53 Å². The fraction of sp³-hybridized carbons (Fsp3) is 0.357. The van der Waals surface area contributed by atoms with Gasteiger partial charge < -0.3 is 9.64 Å². The van der Waals surface area contributed by atoms with E-state index >= 15 is 0 Å². The van der Waals surface area contributed by atoms with E-state index in [1.165, 1.54) is 11.3 Å². The number of nitrogens with zero attached hydrogens (tertiary/aromatic N) is 4. The van der Waals surface area contributed by atoms with Crippen molar-refractivity contribution in [3.8, 4) is 0 Å². The third kappa shape index (κ3) is 3.08. The van der Waals surface area contributed by atoms with Crippen LogP contribution in [0.4, 0.5) is 10.6 Å². The van der Waals surface area contributed by atoms with Crippen LogP contribution >= 0.6 is 11.3 Å². The van der Waals surface area contributed by atoms with Gasteiger partial charge in [0.05, 0.1) is 13.2 Å². The fourth-order valence-electron chi connectivity index (χ4n) is 2.22. The summed E-state index contributed by atoms with van der Waals surface area (Å²) in [5, 5.41) is 3.84. The largest absolute Gasteiger partial charge is 0.367 e. The van der Waals surface area contributed by atoms with E-state index in [2.05, 4.69) is 9.97 Å². The van der Waals surface area contributed by atoms with Gasteiger partial charge in [0.15, 0.2) is 5.82 Å². The molecule has 1 fully saturated rings. The molecule has 22 heavy (non-hydrogen) atoms. The Morgan fingerprint density at radius 2 is 2.36 bits per heavy atom. The standard InChI is InChI=1S/C14H17N5O2S/c1-10-2-3-12(17-8-10)19(15)14(20)18-5-6-21-11(9-18)13-16-4-7-22-13/h2-4,7-8,11H,5-6,9,15H2,1H3. The molecule has 2 amide bonds. The molecule has 3 heterocycles. The normalized spacial score (nSPS) is 18.3. The van der Waals surface area contributed by atoms with Crippen molar-refractivity contribution in [2.24, 2.45) is 5.84 Å². The first-order valence-electron chi connectivity index (χ1n) is 6.92. The minimum atomic E-state index is -0.291.